The lowest BCUT2D eigenvalue weighted by Gasteiger charge is -2.15. The van der Waals surface area contributed by atoms with Crippen LogP contribution in [-0.2, 0) is 4.74 Å². The highest BCUT2D eigenvalue weighted by Gasteiger charge is 1.98. The molecule has 0 aromatic carbocycles. The molecule has 0 heterocycles. The van der Waals surface area contributed by atoms with E-state index in [2.05, 4.69) is 41.1 Å². The molecule has 0 unspecified atom stereocenters. The van der Waals surface area contributed by atoms with Crippen molar-refractivity contribution >= 4 is 5.96 Å². The van der Waals surface area contributed by atoms with Crippen LogP contribution in [0.5, 0.6) is 0 Å². The normalized spacial score (nSPS) is 11.7. The molecule has 0 bridgehead atoms. The summed E-state index contributed by atoms with van der Waals surface area (Å²) < 4.78 is 5.03. The van der Waals surface area contributed by atoms with E-state index in [0.717, 1.165) is 51.7 Å². The summed E-state index contributed by atoms with van der Waals surface area (Å²) in [6.45, 7) is 10.9. The summed E-state index contributed by atoms with van der Waals surface area (Å²) in [7, 11) is 3.84. The first kappa shape index (κ1) is 16.9. The average molecular weight is 256 g/mol. The molecule has 106 valence electrons. The van der Waals surface area contributed by atoms with Crippen LogP contribution >= 0.6 is 0 Å². The molecule has 0 saturated heterocycles. The molecule has 18 heavy (non-hydrogen) atoms. The van der Waals surface area contributed by atoms with Gasteiger partial charge in [0, 0.05) is 39.9 Å². The molecule has 2 N–H and O–H groups in total. The lowest BCUT2D eigenvalue weighted by molar-refractivity contribution is 0.180. The van der Waals surface area contributed by atoms with Crippen LogP contribution < -0.4 is 10.6 Å². The lowest BCUT2D eigenvalue weighted by Crippen LogP contribution is -2.38. The molecular formula is C13H28N4O. The van der Waals surface area contributed by atoms with Gasteiger partial charge in [0.1, 0.15) is 0 Å². The van der Waals surface area contributed by atoms with Crippen LogP contribution in [0.1, 0.15) is 13.3 Å². The summed E-state index contributed by atoms with van der Waals surface area (Å²) in [6.07, 6.45) is 2.88. The molecule has 0 aromatic rings. The number of rotatable bonds is 10. The number of methoxy groups -OCH3 is 1. The van der Waals surface area contributed by atoms with Gasteiger partial charge in [-0.3, -0.25) is 4.99 Å². The minimum atomic E-state index is 0.732. The third-order valence-corrected chi connectivity index (χ3v) is 2.40. The number of guanidine groups is 1. The third kappa shape index (κ3) is 10.1. The fourth-order valence-electron chi connectivity index (χ4n) is 1.43. The van der Waals surface area contributed by atoms with E-state index >= 15 is 0 Å². The number of ether oxygens (including phenoxy) is 1. The van der Waals surface area contributed by atoms with Crippen LogP contribution in [0.15, 0.2) is 17.6 Å². The van der Waals surface area contributed by atoms with E-state index in [4.69, 9.17) is 4.74 Å². The van der Waals surface area contributed by atoms with Gasteiger partial charge in [0.15, 0.2) is 5.96 Å². The van der Waals surface area contributed by atoms with Crippen molar-refractivity contribution in [2.24, 2.45) is 4.99 Å². The van der Waals surface area contributed by atoms with Gasteiger partial charge in [-0.15, -0.1) is 6.58 Å². The second-order valence-electron chi connectivity index (χ2n) is 4.08. The zero-order valence-corrected chi connectivity index (χ0v) is 12.0. The molecule has 5 heteroatoms. The summed E-state index contributed by atoms with van der Waals surface area (Å²) in [5.41, 5.74) is 0. The predicted molar refractivity (Wildman–Crippen MR) is 78.2 cm³/mol. The molecule has 0 rings (SSSR count). The molecule has 5 nitrogen and oxygen atoms in total. The minimum absolute atomic E-state index is 0.732. The molecule has 0 fully saturated rings. The van der Waals surface area contributed by atoms with Crippen molar-refractivity contribution in [1.82, 2.24) is 15.5 Å². The van der Waals surface area contributed by atoms with Crippen LogP contribution in [0.25, 0.3) is 0 Å². The van der Waals surface area contributed by atoms with Gasteiger partial charge in [0.25, 0.3) is 0 Å². The molecule has 0 radical (unpaired) electrons. The molecule has 0 saturated carbocycles. The van der Waals surface area contributed by atoms with Crippen LogP contribution in [0.2, 0.25) is 0 Å². The summed E-state index contributed by atoms with van der Waals surface area (Å²) in [4.78, 5) is 6.76. The van der Waals surface area contributed by atoms with E-state index in [1.807, 2.05) is 6.08 Å². The van der Waals surface area contributed by atoms with Gasteiger partial charge in [0.05, 0.1) is 6.54 Å². The fourth-order valence-corrected chi connectivity index (χ4v) is 1.43. The maximum Gasteiger partial charge on any atom is 0.191 e. The third-order valence-electron chi connectivity index (χ3n) is 2.40. The largest absolute Gasteiger partial charge is 0.385 e. The maximum atomic E-state index is 5.03. The monoisotopic (exact) mass is 256 g/mol. The van der Waals surface area contributed by atoms with Gasteiger partial charge in [-0.2, -0.15) is 0 Å². The molecule has 0 aliphatic rings. The topological polar surface area (TPSA) is 48.9 Å². The van der Waals surface area contributed by atoms with Gasteiger partial charge in [-0.05, 0) is 20.4 Å². The van der Waals surface area contributed by atoms with Crippen molar-refractivity contribution in [3.63, 3.8) is 0 Å². The highest BCUT2D eigenvalue weighted by molar-refractivity contribution is 5.79. The molecule has 0 aromatic heterocycles. The maximum absolute atomic E-state index is 5.03. The molecule has 0 aliphatic heterocycles. The van der Waals surface area contributed by atoms with E-state index in [9.17, 15) is 0 Å². The Labute approximate surface area is 111 Å². The Balaban J connectivity index is 3.81. The van der Waals surface area contributed by atoms with Gasteiger partial charge >= 0.3 is 0 Å². The van der Waals surface area contributed by atoms with Crippen molar-refractivity contribution < 1.29 is 4.74 Å². The van der Waals surface area contributed by atoms with E-state index < -0.39 is 0 Å². The minimum Gasteiger partial charge on any atom is -0.385 e. The number of nitrogens with zero attached hydrogens (tertiary/aromatic N) is 2. The molecular weight excluding hydrogens is 228 g/mol. The van der Waals surface area contributed by atoms with Gasteiger partial charge in [-0.25, -0.2) is 0 Å². The average Bonchev–Trinajstić information content (AvgIpc) is 2.36. The van der Waals surface area contributed by atoms with E-state index in [-0.39, 0.29) is 0 Å². The van der Waals surface area contributed by atoms with Gasteiger partial charge < -0.3 is 20.3 Å². The molecule has 0 amide bonds. The van der Waals surface area contributed by atoms with Crippen LogP contribution in [0, 0.1) is 0 Å². The van der Waals surface area contributed by atoms with Crippen molar-refractivity contribution in [2.75, 3.05) is 53.5 Å². The molecule has 0 spiro atoms. The Hall–Kier alpha value is -1.07. The summed E-state index contributed by atoms with van der Waals surface area (Å²) in [6, 6.07) is 0. The number of aliphatic imine (C=N–C) groups is 1. The Kier molecular flexibility index (Phi) is 11.7. The van der Waals surface area contributed by atoms with Crippen molar-refractivity contribution in [3.8, 4) is 0 Å². The summed E-state index contributed by atoms with van der Waals surface area (Å²) in [5.74, 6) is 0.850. The standard InChI is InChI=1S/C13H28N4O/c1-5-8-15-13(14-6-2)16-9-11-17(3)10-7-12-18-4/h5H,1,6-12H2,2-4H3,(H2,14,15,16). The second kappa shape index (κ2) is 12.4. The second-order valence-corrected chi connectivity index (χ2v) is 4.08. The van der Waals surface area contributed by atoms with Crippen molar-refractivity contribution in [2.45, 2.75) is 13.3 Å². The predicted octanol–water partition coefficient (Wildman–Crippen LogP) is 0.696. The number of likely N-dealkylation sites (N-methyl/N-ethyl adjacent to an activating group) is 1. The fraction of sp³-hybridized carbons (Fsp3) is 0.769. The Bertz CT molecular complexity index is 231. The number of hydrogen-bond acceptors (Lipinski definition) is 3. The first-order valence-electron chi connectivity index (χ1n) is 6.55. The van der Waals surface area contributed by atoms with Gasteiger partial charge in [-0.1, -0.05) is 6.08 Å². The first-order chi connectivity index (χ1) is 8.74. The SMILES string of the molecule is C=CCNC(=NCCN(C)CCCOC)NCC. The summed E-state index contributed by atoms with van der Waals surface area (Å²) in [5, 5.41) is 6.37. The Morgan fingerprint density at radius 3 is 2.78 bits per heavy atom. The number of hydrogen-bond donors (Lipinski definition) is 2. The first-order valence-corrected chi connectivity index (χ1v) is 6.55. The van der Waals surface area contributed by atoms with E-state index in [1.54, 1.807) is 7.11 Å². The quantitative estimate of drug-likeness (QED) is 0.261. The zero-order chi connectivity index (χ0) is 13.6. The van der Waals surface area contributed by atoms with Crippen LogP contribution in [-0.4, -0.2) is 64.3 Å². The number of nitrogens with one attached hydrogen (secondary N) is 2. The van der Waals surface area contributed by atoms with Crippen molar-refractivity contribution in [3.05, 3.63) is 12.7 Å². The zero-order valence-electron chi connectivity index (χ0n) is 12.0. The smallest absolute Gasteiger partial charge is 0.191 e. The van der Waals surface area contributed by atoms with Crippen LogP contribution in [0.4, 0.5) is 0 Å². The van der Waals surface area contributed by atoms with Crippen LogP contribution in [0.3, 0.4) is 0 Å². The highest BCUT2D eigenvalue weighted by Crippen LogP contribution is 1.88. The van der Waals surface area contributed by atoms with E-state index in [0.29, 0.717) is 0 Å². The Morgan fingerprint density at radius 1 is 1.39 bits per heavy atom. The summed E-state index contributed by atoms with van der Waals surface area (Å²) >= 11 is 0. The lowest BCUT2D eigenvalue weighted by atomic mass is 10.4. The molecule has 0 atom stereocenters. The Morgan fingerprint density at radius 2 is 2.17 bits per heavy atom. The highest BCUT2D eigenvalue weighted by atomic mass is 16.5. The van der Waals surface area contributed by atoms with E-state index in [1.165, 1.54) is 0 Å². The molecule has 0 aliphatic carbocycles. The van der Waals surface area contributed by atoms with Crippen molar-refractivity contribution in [1.29, 1.82) is 0 Å². The van der Waals surface area contributed by atoms with Gasteiger partial charge in [0.2, 0.25) is 0 Å².